The fourth-order valence-electron chi connectivity index (χ4n) is 2.74. The van der Waals surface area contributed by atoms with E-state index in [1.54, 1.807) is 0 Å². The summed E-state index contributed by atoms with van der Waals surface area (Å²) in [6.45, 7) is 12.4. The van der Waals surface area contributed by atoms with Crippen molar-refractivity contribution in [3.63, 3.8) is 0 Å². The van der Waals surface area contributed by atoms with Crippen molar-refractivity contribution in [2.45, 2.75) is 51.6 Å². The van der Waals surface area contributed by atoms with Crippen LogP contribution in [0.25, 0.3) is 0 Å². The van der Waals surface area contributed by atoms with E-state index in [0.717, 1.165) is 32.7 Å². The molecule has 0 aromatic rings. The van der Waals surface area contributed by atoms with Gasteiger partial charge in [0.15, 0.2) is 0 Å². The summed E-state index contributed by atoms with van der Waals surface area (Å²) in [4.78, 5) is 2.53. The molecule has 1 rings (SSSR count). The van der Waals surface area contributed by atoms with Gasteiger partial charge in [-0.3, -0.25) is 4.90 Å². The average Bonchev–Trinajstić information content (AvgIpc) is 2.17. The molecule has 3 heteroatoms. The molecule has 1 atom stereocenters. The third-order valence-corrected chi connectivity index (χ3v) is 3.53. The van der Waals surface area contributed by atoms with Crippen LogP contribution in [0.4, 0.5) is 0 Å². The second kappa shape index (κ2) is 4.81. The van der Waals surface area contributed by atoms with E-state index in [1.165, 1.54) is 6.42 Å². The van der Waals surface area contributed by atoms with Crippen molar-refractivity contribution in [2.24, 2.45) is 5.73 Å². The number of ether oxygens (including phenoxy) is 1. The van der Waals surface area contributed by atoms with Crippen LogP contribution in [0.15, 0.2) is 0 Å². The Hall–Kier alpha value is -0.120. The van der Waals surface area contributed by atoms with Gasteiger partial charge in [-0.2, -0.15) is 0 Å². The summed E-state index contributed by atoms with van der Waals surface area (Å²) >= 11 is 0. The summed E-state index contributed by atoms with van der Waals surface area (Å²) in [6, 6.07) is 0. The number of morpholine rings is 1. The standard InChI is InChI=1S/C12H26N2O/c1-5-6-12(4,9-13)14-7-8-15-10-11(14,2)3/h5-10,13H2,1-4H3. The Morgan fingerprint density at radius 3 is 2.60 bits per heavy atom. The first-order valence-corrected chi connectivity index (χ1v) is 6.02. The van der Waals surface area contributed by atoms with Gasteiger partial charge in [0.05, 0.1) is 13.2 Å². The van der Waals surface area contributed by atoms with Crippen molar-refractivity contribution in [3.8, 4) is 0 Å². The van der Waals surface area contributed by atoms with Gasteiger partial charge in [0.2, 0.25) is 0 Å². The lowest BCUT2D eigenvalue weighted by Crippen LogP contribution is -2.64. The van der Waals surface area contributed by atoms with Crippen molar-refractivity contribution >= 4 is 0 Å². The second-order valence-corrected chi connectivity index (χ2v) is 5.47. The quantitative estimate of drug-likeness (QED) is 0.773. The molecule has 0 bridgehead atoms. The maximum Gasteiger partial charge on any atom is 0.0645 e. The molecule has 15 heavy (non-hydrogen) atoms. The Bertz CT molecular complexity index is 206. The largest absolute Gasteiger partial charge is 0.378 e. The number of hydrogen-bond acceptors (Lipinski definition) is 3. The topological polar surface area (TPSA) is 38.5 Å². The minimum absolute atomic E-state index is 0.113. The lowest BCUT2D eigenvalue weighted by molar-refractivity contribution is -0.101. The first kappa shape index (κ1) is 12.9. The molecule has 0 radical (unpaired) electrons. The molecule has 0 aromatic carbocycles. The van der Waals surface area contributed by atoms with Crippen LogP contribution < -0.4 is 5.73 Å². The van der Waals surface area contributed by atoms with E-state index in [4.69, 9.17) is 10.5 Å². The molecule has 1 heterocycles. The summed E-state index contributed by atoms with van der Waals surface area (Å²) in [7, 11) is 0. The third-order valence-electron chi connectivity index (χ3n) is 3.53. The van der Waals surface area contributed by atoms with Crippen molar-refractivity contribution in [1.82, 2.24) is 4.90 Å². The minimum atomic E-state index is 0.113. The fourth-order valence-corrected chi connectivity index (χ4v) is 2.74. The number of rotatable bonds is 4. The predicted molar refractivity (Wildman–Crippen MR) is 64.0 cm³/mol. The fraction of sp³-hybridized carbons (Fsp3) is 1.00. The molecule has 1 aliphatic heterocycles. The molecule has 0 saturated carbocycles. The summed E-state index contributed by atoms with van der Waals surface area (Å²) in [5.74, 6) is 0. The van der Waals surface area contributed by atoms with E-state index in [1.807, 2.05) is 0 Å². The van der Waals surface area contributed by atoms with E-state index < -0.39 is 0 Å². The highest BCUT2D eigenvalue weighted by atomic mass is 16.5. The predicted octanol–water partition coefficient (Wildman–Crippen LogP) is 1.61. The summed E-state index contributed by atoms with van der Waals surface area (Å²) in [5.41, 5.74) is 6.20. The zero-order valence-corrected chi connectivity index (χ0v) is 10.7. The van der Waals surface area contributed by atoms with E-state index in [9.17, 15) is 0 Å². The molecule has 1 saturated heterocycles. The molecule has 0 aliphatic carbocycles. The first-order valence-electron chi connectivity index (χ1n) is 6.02. The monoisotopic (exact) mass is 214 g/mol. The molecule has 0 amide bonds. The molecule has 1 fully saturated rings. The molecular formula is C12H26N2O. The van der Waals surface area contributed by atoms with Gasteiger partial charge in [0.1, 0.15) is 0 Å². The Morgan fingerprint density at radius 2 is 2.13 bits per heavy atom. The Morgan fingerprint density at radius 1 is 1.47 bits per heavy atom. The zero-order valence-electron chi connectivity index (χ0n) is 10.7. The van der Waals surface area contributed by atoms with E-state index in [-0.39, 0.29) is 11.1 Å². The minimum Gasteiger partial charge on any atom is -0.378 e. The van der Waals surface area contributed by atoms with E-state index in [2.05, 4.69) is 32.6 Å². The zero-order chi connectivity index (χ0) is 11.5. The van der Waals surface area contributed by atoms with E-state index in [0.29, 0.717) is 0 Å². The first-order chi connectivity index (χ1) is 6.96. The van der Waals surface area contributed by atoms with Crippen LogP contribution in [0.5, 0.6) is 0 Å². The van der Waals surface area contributed by atoms with Gasteiger partial charge in [-0.15, -0.1) is 0 Å². The van der Waals surface area contributed by atoms with Gasteiger partial charge in [-0.25, -0.2) is 0 Å². The molecule has 3 nitrogen and oxygen atoms in total. The van der Waals surface area contributed by atoms with Crippen molar-refractivity contribution in [1.29, 1.82) is 0 Å². The van der Waals surface area contributed by atoms with Crippen LogP contribution in [0.1, 0.15) is 40.5 Å². The lowest BCUT2D eigenvalue weighted by Gasteiger charge is -2.52. The highest BCUT2D eigenvalue weighted by molar-refractivity contribution is 4.97. The van der Waals surface area contributed by atoms with Gasteiger partial charge in [0.25, 0.3) is 0 Å². The van der Waals surface area contributed by atoms with Gasteiger partial charge >= 0.3 is 0 Å². The maximum atomic E-state index is 5.96. The molecule has 0 aromatic heterocycles. The Balaban J connectivity index is 2.81. The van der Waals surface area contributed by atoms with Crippen LogP contribution in [-0.4, -0.2) is 42.3 Å². The van der Waals surface area contributed by atoms with Gasteiger partial charge < -0.3 is 10.5 Å². The normalized spacial score (nSPS) is 26.2. The highest BCUT2D eigenvalue weighted by Gasteiger charge is 2.41. The second-order valence-electron chi connectivity index (χ2n) is 5.47. The lowest BCUT2D eigenvalue weighted by atomic mass is 9.87. The Kier molecular flexibility index (Phi) is 4.15. The number of nitrogens with two attached hydrogens (primary N) is 1. The van der Waals surface area contributed by atoms with Crippen molar-refractivity contribution < 1.29 is 4.74 Å². The molecule has 0 spiro atoms. The summed E-state index contributed by atoms with van der Waals surface area (Å²) < 4.78 is 5.55. The van der Waals surface area contributed by atoms with Crippen molar-refractivity contribution in [3.05, 3.63) is 0 Å². The van der Waals surface area contributed by atoms with E-state index >= 15 is 0 Å². The molecular weight excluding hydrogens is 188 g/mol. The molecule has 90 valence electrons. The summed E-state index contributed by atoms with van der Waals surface area (Å²) in [6.07, 6.45) is 2.34. The van der Waals surface area contributed by atoms with Gasteiger partial charge in [-0.05, 0) is 27.2 Å². The van der Waals surface area contributed by atoms with Gasteiger partial charge in [0, 0.05) is 24.2 Å². The smallest absolute Gasteiger partial charge is 0.0645 e. The van der Waals surface area contributed by atoms with Gasteiger partial charge in [-0.1, -0.05) is 13.3 Å². The highest BCUT2D eigenvalue weighted by Crippen LogP contribution is 2.30. The van der Waals surface area contributed by atoms with Crippen LogP contribution in [-0.2, 0) is 4.74 Å². The molecule has 1 unspecified atom stereocenters. The molecule has 1 aliphatic rings. The maximum absolute atomic E-state index is 5.96. The number of nitrogens with zero attached hydrogens (tertiary/aromatic N) is 1. The van der Waals surface area contributed by atoms with Crippen LogP contribution in [0.2, 0.25) is 0 Å². The average molecular weight is 214 g/mol. The molecule has 2 N–H and O–H groups in total. The Labute approximate surface area is 94.0 Å². The van der Waals surface area contributed by atoms with Crippen molar-refractivity contribution in [2.75, 3.05) is 26.3 Å². The third kappa shape index (κ3) is 2.71. The SMILES string of the molecule is CCCC(C)(CN)N1CCOCC1(C)C. The summed E-state index contributed by atoms with van der Waals surface area (Å²) in [5, 5.41) is 0. The number of hydrogen-bond donors (Lipinski definition) is 1. The van der Waals surface area contributed by atoms with Crippen LogP contribution in [0, 0.1) is 0 Å². The van der Waals surface area contributed by atoms with Crippen LogP contribution in [0.3, 0.4) is 0 Å². The van der Waals surface area contributed by atoms with Crippen LogP contribution >= 0.6 is 0 Å².